The predicted octanol–water partition coefficient (Wildman–Crippen LogP) is 4.42. The lowest BCUT2D eigenvalue weighted by atomic mass is 9.85. The van der Waals surface area contributed by atoms with E-state index in [1.807, 2.05) is 35.0 Å². The van der Waals surface area contributed by atoms with Gasteiger partial charge in [0, 0.05) is 36.7 Å². The minimum atomic E-state index is -0.776. The van der Waals surface area contributed by atoms with Crippen molar-refractivity contribution in [2.45, 2.75) is 59.0 Å². The number of aliphatic hydroxyl groups is 1. The Morgan fingerprint density at radius 3 is 2.39 bits per heavy atom. The van der Waals surface area contributed by atoms with Crippen LogP contribution in [-0.2, 0) is 26.3 Å². The molecule has 1 fully saturated rings. The number of aliphatic hydroxyl groups excluding tert-OH is 1. The highest BCUT2D eigenvalue weighted by Gasteiger charge is 2.46. The van der Waals surface area contributed by atoms with E-state index in [2.05, 4.69) is 30.7 Å². The van der Waals surface area contributed by atoms with Crippen LogP contribution in [0.15, 0.2) is 48.6 Å². The molecule has 0 bridgehead atoms. The van der Waals surface area contributed by atoms with Crippen LogP contribution in [0, 0.1) is 13.8 Å². The Morgan fingerprint density at radius 1 is 1.13 bits per heavy atom. The Bertz CT molecular complexity index is 1390. The quantitative estimate of drug-likeness (QED) is 0.207. The average Bonchev–Trinajstić information content (AvgIpc) is 3.56. The smallest absolute Gasteiger partial charge is 0.354 e. The third kappa shape index (κ3) is 4.88. The lowest BCUT2D eigenvalue weighted by Gasteiger charge is -2.26. The van der Waals surface area contributed by atoms with Gasteiger partial charge in [-0.2, -0.15) is 0 Å². The summed E-state index contributed by atoms with van der Waals surface area (Å²) in [6, 6.07) is 7.02. The number of amides is 1. The molecule has 1 aliphatic heterocycles. The van der Waals surface area contributed by atoms with Crippen LogP contribution in [0.2, 0.25) is 0 Å². The maximum absolute atomic E-state index is 13.4. The van der Waals surface area contributed by atoms with Crippen LogP contribution < -0.4 is 0 Å². The highest BCUT2D eigenvalue weighted by molar-refractivity contribution is 6.46. The zero-order valence-electron chi connectivity index (χ0n) is 22.7. The molecular weight excluding hydrogens is 484 g/mol. The van der Waals surface area contributed by atoms with Crippen molar-refractivity contribution >= 4 is 23.4 Å². The first-order valence-electron chi connectivity index (χ1n) is 12.6. The molecule has 38 heavy (non-hydrogen) atoms. The van der Waals surface area contributed by atoms with E-state index in [1.165, 1.54) is 12.0 Å². The van der Waals surface area contributed by atoms with Crippen molar-refractivity contribution in [1.82, 2.24) is 19.4 Å². The molecule has 0 saturated carbocycles. The van der Waals surface area contributed by atoms with Gasteiger partial charge in [0.2, 0.25) is 0 Å². The number of methoxy groups -OCH3 is 1. The van der Waals surface area contributed by atoms with Crippen LogP contribution in [0.3, 0.4) is 0 Å². The molecule has 2 aromatic heterocycles. The summed E-state index contributed by atoms with van der Waals surface area (Å²) >= 11 is 0. The number of hydrogen-bond acceptors (Lipinski definition) is 6. The van der Waals surface area contributed by atoms with Crippen LogP contribution in [0.1, 0.15) is 71.7 Å². The van der Waals surface area contributed by atoms with Gasteiger partial charge in [-0.3, -0.25) is 9.59 Å². The summed E-state index contributed by atoms with van der Waals surface area (Å²) in [4.78, 5) is 47.5. The summed E-state index contributed by atoms with van der Waals surface area (Å²) in [7, 11) is 1.27. The molecule has 9 nitrogen and oxygen atoms in total. The highest BCUT2D eigenvalue weighted by Crippen LogP contribution is 2.41. The minimum Gasteiger partial charge on any atom is -0.507 e. The van der Waals surface area contributed by atoms with E-state index in [4.69, 9.17) is 4.74 Å². The molecule has 200 valence electrons. The van der Waals surface area contributed by atoms with Gasteiger partial charge < -0.3 is 24.3 Å². The number of benzene rings is 1. The third-order valence-electron chi connectivity index (χ3n) is 7.07. The van der Waals surface area contributed by atoms with Gasteiger partial charge in [-0.25, -0.2) is 9.78 Å². The number of ether oxygens (including phenoxy) is 1. The number of Topliss-reactive ketones (excluding diaryl/α,β-unsaturated/α-hetero) is 1. The molecule has 0 spiro atoms. The number of aryl methyl sites for hydroxylation is 2. The summed E-state index contributed by atoms with van der Waals surface area (Å²) in [5, 5.41) is 11.5. The second-order valence-electron chi connectivity index (χ2n) is 10.6. The summed E-state index contributed by atoms with van der Waals surface area (Å²) < 4.78 is 6.75. The topological polar surface area (TPSA) is 118 Å². The van der Waals surface area contributed by atoms with Crippen molar-refractivity contribution in [3.8, 4) is 0 Å². The van der Waals surface area contributed by atoms with Crippen molar-refractivity contribution in [1.29, 1.82) is 0 Å². The molecular formula is C29H34N4O5. The van der Waals surface area contributed by atoms with Gasteiger partial charge in [-0.05, 0) is 42.4 Å². The molecule has 1 atom stereocenters. The van der Waals surface area contributed by atoms with Crippen LogP contribution in [0.25, 0.3) is 5.76 Å². The average molecular weight is 519 g/mol. The Kier molecular flexibility index (Phi) is 7.31. The highest BCUT2D eigenvalue weighted by atomic mass is 16.5. The summed E-state index contributed by atoms with van der Waals surface area (Å²) in [6.45, 7) is 10.6. The number of esters is 1. The largest absolute Gasteiger partial charge is 0.507 e. The standard InChI is InChI=1S/C29H34N4O5/c1-17-21(18(2)31-23(17)28(37)38-6)25(34)22-24(19-8-10-20(11-9-19)29(3,4)5)33(27(36)26(22)35)14-7-13-32-15-12-30-16-32/h8-12,15-16,24,31,34H,7,13-14H2,1-6H3/b25-22+/t24-/m1/s1. The van der Waals surface area contributed by atoms with Crippen molar-refractivity contribution in [2.24, 2.45) is 0 Å². The number of aromatic nitrogens is 3. The van der Waals surface area contributed by atoms with E-state index in [-0.39, 0.29) is 22.4 Å². The van der Waals surface area contributed by atoms with Gasteiger partial charge in [0.05, 0.1) is 25.1 Å². The Morgan fingerprint density at radius 2 is 1.82 bits per heavy atom. The monoisotopic (exact) mass is 518 g/mol. The number of carbonyl (C=O) groups excluding carboxylic acids is 3. The number of carbonyl (C=O) groups is 3. The SMILES string of the molecule is COC(=O)c1[nH]c(C)c(/C(O)=C2\C(=O)C(=O)N(CCCn3ccnc3)[C@@H]2c2ccc(C(C)(C)C)cc2)c1C. The zero-order chi connectivity index (χ0) is 27.8. The van der Waals surface area contributed by atoms with Gasteiger partial charge in [-0.15, -0.1) is 0 Å². The van der Waals surface area contributed by atoms with E-state index in [1.54, 1.807) is 26.4 Å². The molecule has 1 saturated heterocycles. The zero-order valence-corrected chi connectivity index (χ0v) is 22.7. The molecule has 0 radical (unpaired) electrons. The van der Waals surface area contributed by atoms with Gasteiger partial charge in [-0.1, -0.05) is 45.0 Å². The Hall–Kier alpha value is -4.14. The van der Waals surface area contributed by atoms with Gasteiger partial charge in [0.25, 0.3) is 11.7 Å². The molecule has 1 aromatic carbocycles. The fourth-order valence-corrected chi connectivity index (χ4v) is 5.01. The number of hydrogen-bond donors (Lipinski definition) is 2. The van der Waals surface area contributed by atoms with E-state index in [9.17, 15) is 19.5 Å². The van der Waals surface area contributed by atoms with E-state index in [0.29, 0.717) is 36.3 Å². The van der Waals surface area contributed by atoms with Gasteiger partial charge >= 0.3 is 5.97 Å². The predicted molar refractivity (Wildman–Crippen MR) is 143 cm³/mol. The second kappa shape index (κ2) is 10.3. The number of imidazole rings is 1. The first-order valence-corrected chi connectivity index (χ1v) is 12.6. The lowest BCUT2D eigenvalue weighted by molar-refractivity contribution is -0.139. The van der Waals surface area contributed by atoms with Crippen molar-refractivity contribution in [2.75, 3.05) is 13.7 Å². The molecule has 2 N–H and O–H groups in total. The van der Waals surface area contributed by atoms with Crippen LogP contribution in [0.5, 0.6) is 0 Å². The summed E-state index contributed by atoms with van der Waals surface area (Å²) in [5.41, 5.74) is 3.20. The first-order chi connectivity index (χ1) is 18.0. The van der Waals surface area contributed by atoms with E-state index < -0.39 is 23.7 Å². The second-order valence-corrected chi connectivity index (χ2v) is 10.6. The van der Waals surface area contributed by atoms with Crippen molar-refractivity contribution in [3.63, 3.8) is 0 Å². The number of nitrogens with zero attached hydrogens (tertiary/aromatic N) is 3. The third-order valence-corrected chi connectivity index (χ3v) is 7.07. The normalized spacial score (nSPS) is 17.3. The van der Waals surface area contributed by atoms with E-state index in [0.717, 1.165) is 11.1 Å². The fraction of sp³-hybridized carbons (Fsp3) is 0.379. The van der Waals surface area contributed by atoms with Crippen molar-refractivity contribution < 1.29 is 24.2 Å². The van der Waals surface area contributed by atoms with E-state index >= 15 is 0 Å². The number of H-pyrrole nitrogens is 1. The molecule has 0 unspecified atom stereocenters. The van der Waals surface area contributed by atoms with Crippen LogP contribution in [0.4, 0.5) is 0 Å². The molecule has 0 aliphatic carbocycles. The Balaban J connectivity index is 1.81. The van der Waals surface area contributed by atoms with Crippen molar-refractivity contribution in [3.05, 3.63) is 82.2 Å². The lowest BCUT2D eigenvalue weighted by Crippen LogP contribution is -2.31. The number of likely N-dealkylation sites (tertiary alicyclic amines) is 1. The number of rotatable bonds is 7. The number of aromatic amines is 1. The number of ketones is 1. The fourth-order valence-electron chi connectivity index (χ4n) is 5.01. The Labute approximate surface area is 222 Å². The summed E-state index contributed by atoms with van der Waals surface area (Å²) in [5.74, 6) is -2.32. The maximum Gasteiger partial charge on any atom is 0.354 e. The maximum atomic E-state index is 13.4. The van der Waals surface area contributed by atoms with Gasteiger partial charge in [0.1, 0.15) is 11.5 Å². The van der Waals surface area contributed by atoms with Gasteiger partial charge in [0.15, 0.2) is 0 Å². The van der Waals surface area contributed by atoms with Crippen LogP contribution >= 0.6 is 0 Å². The summed E-state index contributed by atoms with van der Waals surface area (Å²) in [6.07, 6.45) is 5.82. The van der Waals surface area contributed by atoms with Crippen LogP contribution in [-0.4, -0.2) is 55.9 Å². The first kappa shape index (κ1) is 26.9. The minimum absolute atomic E-state index is 0.00255. The molecule has 9 heteroatoms. The molecule has 1 aliphatic rings. The molecule has 1 amide bonds. The molecule has 4 rings (SSSR count). The molecule has 3 aromatic rings. The molecule has 3 heterocycles. The number of nitrogens with one attached hydrogen (secondary N) is 1.